The van der Waals surface area contributed by atoms with E-state index in [1.165, 1.54) is 17.4 Å². The lowest BCUT2D eigenvalue weighted by Crippen LogP contribution is -2.45. The largest absolute Gasteiger partial charge is 0.472 e. The molecule has 0 saturated carbocycles. The molecule has 2 aromatic rings. The lowest BCUT2D eigenvalue weighted by molar-refractivity contribution is -0.126. The van der Waals surface area contributed by atoms with Crippen molar-refractivity contribution in [3.63, 3.8) is 0 Å². The summed E-state index contributed by atoms with van der Waals surface area (Å²) in [6, 6.07) is 5.92. The van der Waals surface area contributed by atoms with E-state index in [9.17, 15) is 9.59 Å². The van der Waals surface area contributed by atoms with Crippen LogP contribution in [0.5, 0.6) is 0 Å². The lowest BCUT2D eigenvalue weighted by atomic mass is 9.95. The van der Waals surface area contributed by atoms with E-state index < -0.39 is 0 Å². The average Bonchev–Trinajstić information content (AvgIpc) is 3.27. The zero-order valence-electron chi connectivity index (χ0n) is 13.7. The van der Waals surface area contributed by atoms with Gasteiger partial charge in [0.2, 0.25) is 5.91 Å². The third-order valence-electron chi connectivity index (χ3n) is 4.40. The van der Waals surface area contributed by atoms with E-state index in [2.05, 4.69) is 16.8 Å². The molecule has 1 saturated heterocycles. The molecule has 128 valence electrons. The van der Waals surface area contributed by atoms with Crippen LogP contribution >= 0.6 is 11.3 Å². The molecule has 24 heavy (non-hydrogen) atoms. The Balaban J connectivity index is 1.45. The molecule has 3 rings (SSSR count). The van der Waals surface area contributed by atoms with Crippen LogP contribution in [-0.2, 0) is 11.2 Å². The number of piperidine rings is 1. The summed E-state index contributed by atoms with van der Waals surface area (Å²) in [6.07, 6.45) is 5.25. The van der Waals surface area contributed by atoms with Gasteiger partial charge >= 0.3 is 0 Å². The summed E-state index contributed by atoms with van der Waals surface area (Å²) in [5, 5.41) is 5.16. The average molecular weight is 346 g/mol. The third-order valence-corrected chi connectivity index (χ3v) is 5.30. The van der Waals surface area contributed by atoms with Crippen molar-refractivity contribution < 1.29 is 14.0 Å². The molecule has 0 bridgehead atoms. The molecule has 0 radical (unpaired) electrons. The van der Waals surface area contributed by atoms with Crippen LogP contribution in [0.15, 0.2) is 40.5 Å². The normalized spacial score (nSPS) is 16.8. The molecule has 5 nitrogen and oxygen atoms in total. The Morgan fingerprint density at radius 2 is 2.17 bits per heavy atom. The minimum absolute atomic E-state index is 0.0100. The number of nitrogens with zero attached hydrogens (tertiary/aromatic N) is 1. The molecule has 0 aliphatic carbocycles. The molecule has 0 aromatic carbocycles. The molecule has 2 amide bonds. The van der Waals surface area contributed by atoms with Gasteiger partial charge in [-0.2, -0.15) is 0 Å². The molecule has 3 heterocycles. The molecular formula is C18H22N2O3S. The van der Waals surface area contributed by atoms with Crippen molar-refractivity contribution in [2.75, 3.05) is 13.1 Å². The quantitative estimate of drug-likeness (QED) is 0.905. The predicted molar refractivity (Wildman–Crippen MR) is 93.0 cm³/mol. The zero-order chi connectivity index (χ0) is 16.9. The fourth-order valence-electron chi connectivity index (χ4n) is 3.06. The van der Waals surface area contributed by atoms with Gasteiger partial charge in [-0.3, -0.25) is 9.59 Å². The molecule has 2 aromatic heterocycles. The standard InChI is InChI=1S/C18H22N2O3S/c1-13(11-16-3-2-10-24-16)19-17(21)14-4-7-20(8-5-14)18(22)15-6-9-23-12-15/h2-3,6,9-10,12-14H,4-5,7-8,11H2,1H3,(H,19,21). The molecule has 1 unspecified atom stereocenters. The lowest BCUT2D eigenvalue weighted by Gasteiger charge is -2.31. The second kappa shape index (κ2) is 7.66. The fraction of sp³-hybridized carbons (Fsp3) is 0.444. The van der Waals surface area contributed by atoms with E-state index >= 15 is 0 Å². The maximum atomic E-state index is 12.4. The Morgan fingerprint density at radius 1 is 1.38 bits per heavy atom. The molecule has 6 heteroatoms. The first kappa shape index (κ1) is 16.8. The Labute approximate surface area is 145 Å². The summed E-state index contributed by atoms with van der Waals surface area (Å²) in [7, 11) is 0. The highest BCUT2D eigenvalue weighted by atomic mass is 32.1. The number of carbonyl (C=O) groups is 2. The van der Waals surface area contributed by atoms with Crippen LogP contribution in [0, 0.1) is 5.92 Å². The molecule has 1 fully saturated rings. The number of rotatable bonds is 5. The van der Waals surface area contributed by atoms with E-state index in [0.29, 0.717) is 31.5 Å². The number of likely N-dealkylation sites (tertiary alicyclic amines) is 1. The number of thiophene rings is 1. The summed E-state index contributed by atoms with van der Waals surface area (Å²) < 4.78 is 4.96. The minimum Gasteiger partial charge on any atom is -0.472 e. The van der Waals surface area contributed by atoms with Gasteiger partial charge in [0.05, 0.1) is 11.8 Å². The predicted octanol–water partition coefficient (Wildman–Crippen LogP) is 2.94. The number of hydrogen-bond donors (Lipinski definition) is 1. The molecule has 1 N–H and O–H groups in total. The summed E-state index contributed by atoms with van der Waals surface area (Å²) in [5.74, 6) is 0.0762. The first-order valence-corrected chi connectivity index (χ1v) is 9.15. The maximum absolute atomic E-state index is 12.4. The van der Waals surface area contributed by atoms with Crippen molar-refractivity contribution in [1.29, 1.82) is 0 Å². The Kier molecular flexibility index (Phi) is 5.35. The summed E-state index contributed by atoms with van der Waals surface area (Å²) in [4.78, 5) is 27.8. The van der Waals surface area contributed by atoms with Gasteiger partial charge in [-0.1, -0.05) is 6.07 Å². The molecular weight excluding hydrogens is 324 g/mol. The number of amides is 2. The van der Waals surface area contributed by atoms with Crippen LogP contribution in [-0.4, -0.2) is 35.8 Å². The van der Waals surface area contributed by atoms with Crippen molar-refractivity contribution in [3.8, 4) is 0 Å². The van der Waals surface area contributed by atoms with Crippen LogP contribution in [0.4, 0.5) is 0 Å². The first-order chi connectivity index (χ1) is 11.6. The van der Waals surface area contributed by atoms with Crippen molar-refractivity contribution in [2.24, 2.45) is 5.92 Å². The topological polar surface area (TPSA) is 62.6 Å². The number of carbonyl (C=O) groups excluding carboxylic acids is 2. The number of hydrogen-bond acceptors (Lipinski definition) is 4. The van der Waals surface area contributed by atoms with Crippen molar-refractivity contribution >= 4 is 23.2 Å². The van der Waals surface area contributed by atoms with Gasteiger partial charge in [0, 0.05) is 36.3 Å². The summed E-state index contributed by atoms with van der Waals surface area (Å²) >= 11 is 1.71. The molecule has 0 spiro atoms. The SMILES string of the molecule is CC(Cc1cccs1)NC(=O)C1CCN(C(=O)c2ccoc2)CC1. The fourth-order valence-corrected chi connectivity index (χ4v) is 3.89. The Morgan fingerprint density at radius 3 is 2.79 bits per heavy atom. The van der Waals surface area contributed by atoms with Crippen LogP contribution < -0.4 is 5.32 Å². The van der Waals surface area contributed by atoms with Gasteiger partial charge in [0.25, 0.3) is 5.91 Å². The number of nitrogens with one attached hydrogen (secondary N) is 1. The number of furan rings is 1. The van der Waals surface area contributed by atoms with Crippen molar-refractivity contribution in [3.05, 3.63) is 46.5 Å². The highest BCUT2D eigenvalue weighted by Crippen LogP contribution is 2.20. The first-order valence-electron chi connectivity index (χ1n) is 8.27. The van der Waals surface area contributed by atoms with Gasteiger partial charge in [0.15, 0.2) is 0 Å². The second-order valence-corrected chi connectivity index (χ2v) is 7.30. The van der Waals surface area contributed by atoms with E-state index in [4.69, 9.17) is 4.42 Å². The van der Waals surface area contributed by atoms with Gasteiger partial charge in [-0.05, 0) is 37.3 Å². The van der Waals surface area contributed by atoms with Crippen LogP contribution in [0.2, 0.25) is 0 Å². The smallest absolute Gasteiger partial charge is 0.257 e. The van der Waals surface area contributed by atoms with E-state index in [-0.39, 0.29) is 23.8 Å². The van der Waals surface area contributed by atoms with E-state index in [1.54, 1.807) is 22.3 Å². The van der Waals surface area contributed by atoms with Gasteiger partial charge in [-0.25, -0.2) is 0 Å². The van der Waals surface area contributed by atoms with Gasteiger partial charge < -0.3 is 14.6 Å². The molecule has 1 atom stereocenters. The highest BCUT2D eigenvalue weighted by Gasteiger charge is 2.28. The highest BCUT2D eigenvalue weighted by molar-refractivity contribution is 7.09. The van der Waals surface area contributed by atoms with Crippen molar-refractivity contribution in [2.45, 2.75) is 32.2 Å². The van der Waals surface area contributed by atoms with E-state index in [1.807, 2.05) is 13.0 Å². The minimum atomic E-state index is -0.0197. The second-order valence-electron chi connectivity index (χ2n) is 6.27. The molecule has 1 aliphatic rings. The third kappa shape index (κ3) is 4.06. The van der Waals surface area contributed by atoms with Crippen LogP contribution in [0.25, 0.3) is 0 Å². The Hall–Kier alpha value is -2.08. The summed E-state index contributed by atoms with van der Waals surface area (Å²) in [6.45, 7) is 3.26. The van der Waals surface area contributed by atoms with Crippen LogP contribution in [0.3, 0.4) is 0 Å². The summed E-state index contributed by atoms with van der Waals surface area (Å²) in [5.41, 5.74) is 0.572. The maximum Gasteiger partial charge on any atom is 0.257 e. The van der Waals surface area contributed by atoms with Crippen molar-refractivity contribution in [1.82, 2.24) is 10.2 Å². The monoisotopic (exact) mass is 346 g/mol. The molecule has 1 aliphatic heterocycles. The van der Waals surface area contributed by atoms with Gasteiger partial charge in [-0.15, -0.1) is 11.3 Å². The van der Waals surface area contributed by atoms with Gasteiger partial charge in [0.1, 0.15) is 6.26 Å². The zero-order valence-corrected chi connectivity index (χ0v) is 14.6. The Bertz CT molecular complexity index is 659. The van der Waals surface area contributed by atoms with Crippen LogP contribution in [0.1, 0.15) is 35.0 Å². The van der Waals surface area contributed by atoms with E-state index in [0.717, 1.165) is 6.42 Å².